The number of hydrogen-bond donors (Lipinski definition) is 2. The number of rotatable bonds is 6. The van der Waals surface area contributed by atoms with Crippen LogP contribution in [-0.4, -0.2) is 28.6 Å². The maximum atomic E-state index is 11.8. The van der Waals surface area contributed by atoms with Crippen LogP contribution in [0.1, 0.15) is 44.2 Å². The van der Waals surface area contributed by atoms with Crippen molar-refractivity contribution >= 4 is 5.91 Å². The number of carbonyl (C=O) groups excluding carboxylic acids is 1. The van der Waals surface area contributed by atoms with Gasteiger partial charge >= 0.3 is 0 Å². The van der Waals surface area contributed by atoms with Crippen molar-refractivity contribution in [3.63, 3.8) is 0 Å². The summed E-state index contributed by atoms with van der Waals surface area (Å²) in [5, 5.41) is 12.7. The molecule has 1 aliphatic rings. The van der Waals surface area contributed by atoms with Gasteiger partial charge in [-0.1, -0.05) is 25.3 Å². The van der Waals surface area contributed by atoms with Gasteiger partial charge in [-0.2, -0.15) is 0 Å². The number of hydrogen-bond acceptors (Lipinski definition) is 3. The summed E-state index contributed by atoms with van der Waals surface area (Å²) >= 11 is 0. The third kappa shape index (κ3) is 4.93. The number of aliphatic hydroxyl groups is 1. The molecule has 1 aromatic rings. The van der Waals surface area contributed by atoms with Crippen LogP contribution < -0.4 is 5.32 Å². The van der Waals surface area contributed by atoms with E-state index in [0.717, 1.165) is 5.69 Å². The molecule has 4 heteroatoms. The van der Waals surface area contributed by atoms with Crippen molar-refractivity contribution in [3.8, 4) is 0 Å². The van der Waals surface area contributed by atoms with E-state index in [9.17, 15) is 9.90 Å². The monoisotopic (exact) mass is 276 g/mol. The van der Waals surface area contributed by atoms with Crippen LogP contribution in [0.2, 0.25) is 0 Å². The first kappa shape index (κ1) is 15.0. The number of aromatic nitrogens is 1. The maximum absolute atomic E-state index is 11.8. The molecule has 1 atom stereocenters. The van der Waals surface area contributed by atoms with Gasteiger partial charge in [0.1, 0.15) is 6.10 Å². The van der Waals surface area contributed by atoms with E-state index in [2.05, 4.69) is 10.3 Å². The number of aliphatic hydroxyl groups excluding tert-OH is 1. The topological polar surface area (TPSA) is 62.2 Å². The lowest BCUT2D eigenvalue weighted by Crippen LogP contribution is -2.38. The second-order valence-corrected chi connectivity index (χ2v) is 5.62. The predicted molar refractivity (Wildman–Crippen MR) is 78.1 cm³/mol. The Bertz CT molecular complexity index is 402. The highest BCUT2D eigenvalue weighted by atomic mass is 16.3. The van der Waals surface area contributed by atoms with Crippen molar-refractivity contribution in [1.29, 1.82) is 0 Å². The normalized spacial score (nSPS) is 17.6. The summed E-state index contributed by atoms with van der Waals surface area (Å²) in [6.07, 6.45) is 8.09. The summed E-state index contributed by atoms with van der Waals surface area (Å²) in [7, 11) is 0. The van der Waals surface area contributed by atoms with Crippen LogP contribution in [0.25, 0.3) is 0 Å². The number of aryl methyl sites for hydroxylation is 1. The lowest BCUT2D eigenvalue weighted by Gasteiger charge is -2.22. The second kappa shape index (κ2) is 8.00. The Labute approximate surface area is 120 Å². The van der Waals surface area contributed by atoms with Crippen molar-refractivity contribution in [2.24, 2.45) is 5.92 Å². The van der Waals surface area contributed by atoms with Crippen LogP contribution >= 0.6 is 0 Å². The van der Waals surface area contributed by atoms with Crippen LogP contribution in [0.5, 0.6) is 0 Å². The summed E-state index contributed by atoms with van der Waals surface area (Å²) in [6.45, 7) is 0.708. The first-order chi connectivity index (χ1) is 9.75. The van der Waals surface area contributed by atoms with E-state index in [1.807, 2.05) is 18.2 Å². The van der Waals surface area contributed by atoms with Crippen molar-refractivity contribution in [1.82, 2.24) is 10.3 Å². The van der Waals surface area contributed by atoms with E-state index < -0.39 is 6.10 Å². The fourth-order valence-corrected chi connectivity index (χ4v) is 2.72. The highest BCUT2D eigenvalue weighted by molar-refractivity contribution is 5.80. The zero-order valence-electron chi connectivity index (χ0n) is 11.9. The fourth-order valence-electron chi connectivity index (χ4n) is 2.72. The first-order valence-electron chi connectivity index (χ1n) is 7.61. The molecule has 0 spiro atoms. The minimum atomic E-state index is -0.930. The lowest BCUT2D eigenvalue weighted by atomic mass is 9.89. The molecule has 2 N–H and O–H groups in total. The minimum absolute atomic E-state index is 0.244. The molecule has 1 fully saturated rings. The molecular formula is C16H24N2O2. The first-order valence-corrected chi connectivity index (χ1v) is 7.61. The smallest absolute Gasteiger partial charge is 0.248 e. The van der Waals surface area contributed by atoms with Crippen LogP contribution in [0.4, 0.5) is 0 Å². The number of nitrogens with one attached hydrogen (secondary N) is 1. The molecule has 0 aromatic carbocycles. The third-order valence-electron chi connectivity index (χ3n) is 3.99. The van der Waals surface area contributed by atoms with Gasteiger partial charge < -0.3 is 10.4 Å². The summed E-state index contributed by atoms with van der Waals surface area (Å²) in [5.41, 5.74) is 0.909. The minimum Gasteiger partial charge on any atom is -0.383 e. The van der Waals surface area contributed by atoms with Gasteiger partial charge in [0.15, 0.2) is 0 Å². The van der Waals surface area contributed by atoms with Crippen molar-refractivity contribution in [2.45, 2.75) is 51.0 Å². The molecule has 0 aliphatic heterocycles. The van der Waals surface area contributed by atoms with Crippen molar-refractivity contribution in [2.75, 3.05) is 6.54 Å². The van der Waals surface area contributed by atoms with E-state index in [4.69, 9.17) is 0 Å². The Kier molecular flexibility index (Phi) is 5.99. The molecule has 1 aliphatic carbocycles. The summed E-state index contributed by atoms with van der Waals surface area (Å²) in [5.74, 6) is 0.349. The molecule has 0 saturated heterocycles. The third-order valence-corrected chi connectivity index (χ3v) is 3.99. The molecule has 0 unspecified atom stereocenters. The highest BCUT2D eigenvalue weighted by Crippen LogP contribution is 2.22. The molecule has 20 heavy (non-hydrogen) atoms. The lowest BCUT2D eigenvalue weighted by molar-refractivity contribution is -0.129. The van der Waals surface area contributed by atoms with Gasteiger partial charge in [0.2, 0.25) is 5.91 Å². The molecule has 4 nitrogen and oxygen atoms in total. The number of nitrogens with zero attached hydrogens (tertiary/aromatic N) is 1. The molecule has 0 radical (unpaired) electrons. The fraction of sp³-hybridized carbons (Fsp3) is 0.625. The quantitative estimate of drug-likeness (QED) is 0.836. The molecule has 1 amide bonds. The molecule has 1 heterocycles. The summed E-state index contributed by atoms with van der Waals surface area (Å²) in [6, 6.07) is 5.68. The standard InChI is InChI=1S/C16H24N2O2/c19-15(10-9-14-8-4-5-11-17-14)16(20)18-12-13-6-2-1-3-7-13/h4-5,8,11,13,15,19H,1-3,6-7,9-10,12H2,(H,18,20)/t15-/m0/s1. The van der Waals surface area contributed by atoms with Crippen molar-refractivity contribution in [3.05, 3.63) is 30.1 Å². The van der Waals surface area contributed by atoms with Crippen LogP contribution in [0, 0.1) is 5.92 Å². The summed E-state index contributed by atoms with van der Waals surface area (Å²) < 4.78 is 0. The second-order valence-electron chi connectivity index (χ2n) is 5.62. The van der Waals surface area contributed by atoms with Gasteiger partial charge in [0, 0.05) is 18.4 Å². The molecule has 2 rings (SSSR count). The molecule has 110 valence electrons. The van der Waals surface area contributed by atoms with Gasteiger partial charge in [0.25, 0.3) is 0 Å². The Morgan fingerprint density at radius 1 is 1.35 bits per heavy atom. The molecule has 0 bridgehead atoms. The predicted octanol–water partition coefficient (Wildman–Crippen LogP) is 2.07. The molecule has 1 aromatic heterocycles. The Morgan fingerprint density at radius 2 is 2.15 bits per heavy atom. The Morgan fingerprint density at radius 3 is 2.85 bits per heavy atom. The maximum Gasteiger partial charge on any atom is 0.248 e. The van der Waals surface area contributed by atoms with Gasteiger partial charge in [-0.3, -0.25) is 9.78 Å². The molecule has 1 saturated carbocycles. The van der Waals surface area contributed by atoms with Crippen LogP contribution in [-0.2, 0) is 11.2 Å². The zero-order valence-corrected chi connectivity index (χ0v) is 11.9. The summed E-state index contributed by atoms with van der Waals surface area (Å²) in [4.78, 5) is 16.0. The van der Waals surface area contributed by atoms with Crippen LogP contribution in [0.3, 0.4) is 0 Å². The van der Waals surface area contributed by atoms with E-state index in [1.54, 1.807) is 6.20 Å². The molecular weight excluding hydrogens is 252 g/mol. The van der Waals surface area contributed by atoms with E-state index >= 15 is 0 Å². The average Bonchev–Trinajstić information content (AvgIpc) is 2.52. The highest BCUT2D eigenvalue weighted by Gasteiger charge is 2.18. The number of amides is 1. The van der Waals surface area contributed by atoms with Gasteiger partial charge in [-0.25, -0.2) is 0 Å². The van der Waals surface area contributed by atoms with E-state index in [1.165, 1.54) is 32.1 Å². The van der Waals surface area contributed by atoms with Gasteiger partial charge in [0.05, 0.1) is 0 Å². The SMILES string of the molecule is O=C(NCC1CCCCC1)[C@@H](O)CCc1ccccn1. The number of carbonyl (C=O) groups is 1. The van der Waals surface area contributed by atoms with Gasteiger partial charge in [-0.15, -0.1) is 0 Å². The van der Waals surface area contributed by atoms with Crippen LogP contribution in [0.15, 0.2) is 24.4 Å². The van der Waals surface area contributed by atoms with E-state index in [-0.39, 0.29) is 5.91 Å². The Balaban J connectivity index is 1.66. The van der Waals surface area contributed by atoms with Gasteiger partial charge in [-0.05, 0) is 43.7 Å². The Hall–Kier alpha value is -1.42. The largest absolute Gasteiger partial charge is 0.383 e. The number of pyridine rings is 1. The zero-order chi connectivity index (χ0) is 14.2. The van der Waals surface area contributed by atoms with Crippen molar-refractivity contribution < 1.29 is 9.90 Å². The average molecular weight is 276 g/mol. The van der Waals surface area contributed by atoms with E-state index in [0.29, 0.717) is 25.3 Å².